The van der Waals surface area contributed by atoms with Crippen LogP contribution in [0, 0.1) is 17.0 Å². The molecule has 27 heavy (non-hydrogen) atoms. The number of non-ortho nitro benzene ring substituents is 1. The quantitative estimate of drug-likeness (QED) is 0.420. The molecule has 1 aliphatic heterocycles. The Balaban J connectivity index is 1.65. The van der Waals surface area contributed by atoms with Crippen LogP contribution in [-0.2, 0) is 27.5 Å². The molecule has 0 aliphatic carbocycles. The fraction of sp³-hybridized carbons (Fsp3) is 0.278. The van der Waals surface area contributed by atoms with Crippen molar-refractivity contribution in [2.45, 2.75) is 20.1 Å². The molecule has 0 spiro atoms. The summed E-state index contributed by atoms with van der Waals surface area (Å²) in [5, 5.41) is 11.5. The van der Waals surface area contributed by atoms with Gasteiger partial charge in [-0.25, -0.2) is 4.79 Å². The highest BCUT2D eigenvalue weighted by molar-refractivity contribution is 6.32. The van der Waals surface area contributed by atoms with E-state index in [2.05, 4.69) is 0 Å². The molecule has 0 bridgehead atoms. The Kier molecular flexibility index (Phi) is 5.78. The van der Waals surface area contributed by atoms with Crippen LogP contribution in [0.2, 0.25) is 5.02 Å². The number of fused-ring (bicyclic) bond motifs is 1. The molecule has 3 rings (SSSR count). The van der Waals surface area contributed by atoms with Crippen LogP contribution in [0.5, 0.6) is 11.5 Å². The number of hydrogen-bond acceptors (Lipinski definition) is 7. The highest BCUT2D eigenvalue weighted by atomic mass is 35.5. The Bertz CT molecular complexity index is 884. The molecule has 0 atom stereocenters. The van der Waals surface area contributed by atoms with Crippen LogP contribution in [0.25, 0.3) is 0 Å². The van der Waals surface area contributed by atoms with Gasteiger partial charge in [0.05, 0.1) is 16.6 Å². The molecule has 0 saturated heterocycles. The molecule has 0 saturated carbocycles. The minimum Gasteiger partial charge on any atom is -0.480 e. The van der Waals surface area contributed by atoms with Crippen molar-refractivity contribution in [1.82, 2.24) is 0 Å². The number of carbonyl (C=O) groups is 1. The summed E-state index contributed by atoms with van der Waals surface area (Å²) in [7, 11) is 0. The van der Waals surface area contributed by atoms with E-state index in [1.165, 1.54) is 12.1 Å². The number of nitro groups is 1. The number of hydrogen-bond donors (Lipinski definition) is 0. The van der Waals surface area contributed by atoms with Gasteiger partial charge in [0, 0.05) is 23.3 Å². The molecule has 1 heterocycles. The maximum Gasteiger partial charge on any atom is 0.344 e. The Morgan fingerprint density at radius 2 is 2.15 bits per heavy atom. The summed E-state index contributed by atoms with van der Waals surface area (Å²) in [4.78, 5) is 22.5. The summed E-state index contributed by atoms with van der Waals surface area (Å²) < 4.78 is 21.1. The van der Waals surface area contributed by atoms with Crippen LogP contribution in [0.1, 0.15) is 16.7 Å². The normalized spacial score (nSPS) is 12.7. The van der Waals surface area contributed by atoms with Gasteiger partial charge in [-0.2, -0.15) is 0 Å². The van der Waals surface area contributed by atoms with Gasteiger partial charge in [0.2, 0.25) is 0 Å². The Hall–Kier alpha value is -2.84. The highest BCUT2D eigenvalue weighted by Crippen LogP contribution is 2.33. The third-order valence-corrected chi connectivity index (χ3v) is 4.12. The second kappa shape index (κ2) is 8.24. The van der Waals surface area contributed by atoms with E-state index in [1.807, 2.05) is 13.0 Å². The van der Waals surface area contributed by atoms with Crippen molar-refractivity contribution in [3.8, 4) is 11.5 Å². The van der Waals surface area contributed by atoms with Gasteiger partial charge in [0.25, 0.3) is 5.69 Å². The smallest absolute Gasteiger partial charge is 0.344 e. The summed E-state index contributed by atoms with van der Waals surface area (Å²) in [6.45, 7) is 1.56. The number of rotatable bonds is 6. The van der Waals surface area contributed by atoms with E-state index in [0.717, 1.165) is 5.56 Å². The van der Waals surface area contributed by atoms with Gasteiger partial charge in [-0.1, -0.05) is 17.7 Å². The third-order valence-electron chi connectivity index (χ3n) is 3.80. The lowest BCUT2D eigenvalue weighted by Crippen LogP contribution is -2.17. The van der Waals surface area contributed by atoms with E-state index in [1.54, 1.807) is 12.1 Å². The lowest BCUT2D eigenvalue weighted by atomic mass is 10.1. The Labute approximate surface area is 159 Å². The Morgan fingerprint density at radius 3 is 2.93 bits per heavy atom. The van der Waals surface area contributed by atoms with Crippen molar-refractivity contribution in [2.75, 3.05) is 13.4 Å². The topological polar surface area (TPSA) is 97.1 Å². The number of halogens is 1. The van der Waals surface area contributed by atoms with Crippen molar-refractivity contribution in [1.29, 1.82) is 0 Å². The lowest BCUT2D eigenvalue weighted by Gasteiger charge is -2.20. The van der Waals surface area contributed by atoms with Crippen LogP contribution in [0.15, 0.2) is 30.3 Å². The molecule has 0 radical (unpaired) electrons. The molecule has 0 N–H and O–H groups in total. The molecular weight excluding hydrogens is 378 g/mol. The summed E-state index contributed by atoms with van der Waals surface area (Å²) in [5.74, 6) is 0.170. The number of esters is 1. The van der Waals surface area contributed by atoms with Crippen molar-refractivity contribution >= 4 is 23.3 Å². The highest BCUT2D eigenvalue weighted by Gasteiger charge is 2.22. The number of aryl methyl sites for hydroxylation is 1. The average Bonchev–Trinajstić information content (AvgIpc) is 2.66. The SMILES string of the molecule is Cc1ccc(Cl)c(OCC(=O)OCc2cc([N+](=O)[O-])cc3c2OCOC3)c1. The molecule has 9 heteroatoms. The maximum atomic E-state index is 12.0. The first-order valence-corrected chi connectivity index (χ1v) is 8.37. The number of ether oxygens (including phenoxy) is 4. The summed E-state index contributed by atoms with van der Waals surface area (Å²) in [5.41, 5.74) is 1.73. The molecule has 0 unspecified atom stereocenters. The van der Waals surface area contributed by atoms with Crippen molar-refractivity contribution in [2.24, 2.45) is 0 Å². The van der Waals surface area contributed by atoms with E-state index in [4.69, 9.17) is 30.5 Å². The molecule has 0 amide bonds. The zero-order valence-corrected chi connectivity index (χ0v) is 15.2. The summed E-state index contributed by atoms with van der Waals surface area (Å²) >= 11 is 6.01. The van der Waals surface area contributed by atoms with E-state index in [0.29, 0.717) is 27.6 Å². The molecule has 0 aromatic heterocycles. The summed E-state index contributed by atoms with van der Waals surface area (Å²) in [6.07, 6.45) is 0. The standard InChI is InChI=1S/C18H16ClNO7/c1-11-2-3-15(19)16(4-11)25-9-17(21)26-8-13-6-14(20(22)23)5-12-7-24-10-27-18(12)13/h2-6H,7-10H2,1H3. The zero-order valence-electron chi connectivity index (χ0n) is 14.4. The molecule has 8 nitrogen and oxygen atoms in total. The monoisotopic (exact) mass is 393 g/mol. The van der Waals surface area contributed by atoms with Gasteiger partial charge < -0.3 is 18.9 Å². The van der Waals surface area contributed by atoms with Gasteiger partial charge in [0.1, 0.15) is 18.1 Å². The molecule has 0 fully saturated rings. The van der Waals surface area contributed by atoms with Gasteiger partial charge in [-0.15, -0.1) is 0 Å². The number of benzene rings is 2. The van der Waals surface area contributed by atoms with E-state index >= 15 is 0 Å². The molecule has 2 aromatic carbocycles. The first-order valence-electron chi connectivity index (χ1n) is 7.99. The largest absolute Gasteiger partial charge is 0.480 e. The van der Waals surface area contributed by atoms with Crippen molar-refractivity contribution in [3.05, 3.63) is 62.2 Å². The van der Waals surface area contributed by atoms with Crippen LogP contribution in [0.4, 0.5) is 5.69 Å². The predicted octanol–water partition coefficient (Wildman–Crippen LogP) is 3.55. The van der Waals surface area contributed by atoms with Crippen LogP contribution < -0.4 is 9.47 Å². The second-order valence-corrected chi connectivity index (χ2v) is 6.25. The van der Waals surface area contributed by atoms with Crippen LogP contribution in [-0.4, -0.2) is 24.3 Å². The molecule has 1 aliphatic rings. The first-order chi connectivity index (χ1) is 12.9. The molecular formula is C18H16ClNO7. The fourth-order valence-corrected chi connectivity index (χ4v) is 2.72. The lowest BCUT2D eigenvalue weighted by molar-refractivity contribution is -0.385. The average molecular weight is 394 g/mol. The van der Waals surface area contributed by atoms with E-state index in [-0.39, 0.29) is 32.3 Å². The molecule has 2 aromatic rings. The van der Waals surface area contributed by atoms with Crippen LogP contribution in [0.3, 0.4) is 0 Å². The Morgan fingerprint density at radius 1 is 1.33 bits per heavy atom. The third kappa shape index (κ3) is 4.66. The number of nitro benzene ring substituents is 1. The van der Waals surface area contributed by atoms with Crippen molar-refractivity contribution < 1.29 is 28.7 Å². The van der Waals surface area contributed by atoms with E-state index < -0.39 is 10.9 Å². The summed E-state index contributed by atoms with van der Waals surface area (Å²) in [6, 6.07) is 7.90. The van der Waals surface area contributed by atoms with Crippen molar-refractivity contribution in [3.63, 3.8) is 0 Å². The van der Waals surface area contributed by atoms with Gasteiger partial charge >= 0.3 is 5.97 Å². The minimum absolute atomic E-state index is 0.0285. The van der Waals surface area contributed by atoms with E-state index in [9.17, 15) is 14.9 Å². The van der Waals surface area contributed by atoms with Crippen LogP contribution >= 0.6 is 11.6 Å². The zero-order chi connectivity index (χ0) is 19.4. The fourth-order valence-electron chi connectivity index (χ4n) is 2.55. The predicted molar refractivity (Wildman–Crippen MR) is 94.9 cm³/mol. The number of nitrogens with zero attached hydrogens (tertiary/aromatic N) is 1. The minimum atomic E-state index is -0.639. The number of carbonyl (C=O) groups excluding carboxylic acids is 1. The van der Waals surface area contributed by atoms with Gasteiger partial charge in [0.15, 0.2) is 13.4 Å². The first kappa shape index (κ1) is 18.9. The van der Waals surface area contributed by atoms with Gasteiger partial charge in [-0.05, 0) is 24.6 Å². The van der Waals surface area contributed by atoms with Gasteiger partial charge in [-0.3, -0.25) is 10.1 Å². The molecule has 142 valence electrons. The second-order valence-electron chi connectivity index (χ2n) is 5.84. The maximum absolute atomic E-state index is 12.0.